The summed E-state index contributed by atoms with van der Waals surface area (Å²) in [6.07, 6.45) is 0.906. The van der Waals surface area contributed by atoms with E-state index in [4.69, 9.17) is 0 Å². The molecule has 0 fully saturated rings. The number of nitro benzene ring substituents is 1. The van der Waals surface area contributed by atoms with Gasteiger partial charge in [0.1, 0.15) is 0 Å². The largest absolute Gasteiger partial charge is 0.308 e. The van der Waals surface area contributed by atoms with Crippen LogP contribution in [0.25, 0.3) is 0 Å². The fraction of sp³-hybridized carbons (Fsp3) is 0.294. The van der Waals surface area contributed by atoms with Crippen LogP contribution in [-0.4, -0.2) is 26.4 Å². The Kier molecular flexibility index (Phi) is 4.85. The first-order chi connectivity index (χ1) is 11.9. The minimum atomic E-state index is -3.84. The highest BCUT2D eigenvalue weighted by molar-refractivity contribution is 7.89. The van der Waals surface area contributed by atoms with Gasteiger partial charge < -0.3 is 5.32 Å². The molecule has 0 aliphatic carbocycles. The van der Waals surface area contributed by atoms with Crippen LogP contribution >= 0.6 is 0 Å². The van der Waals surface area contributed by atoms with Gasteiger partial charge in [-0.05, 0) is 37.1 Å². The summed E-state index contributed by atoms with van der Waals surface area (Å²) in [6, 6.07) is 11.9. The van der Waals surface area contributed by atoms with Gasteiger partial charge in [0.05, 0.1) is 9.82 Å². The Morgan fingerprint density at radius 3 is 2.76 bits per heavy atom. The number of nitrogens with one attached hydrogen (secondary N) is 2. The first kappa shape index (κ1) is 17.5. The number of fused-ring (bicyclic) bond motifs is 1. The predicted octanol–water partition coefficient (Wildman–Crippen LogP) is 2.07. The van der Waals surface area contributed by atoms with Crippen LogP contribution in [0, 0.1) is 17.0 Å². The van der Waals surface area contributed by atoms with E-state index < -0.39 is 14.9 Å². The molecule has 8 heteroatoms. The van der Waals surface area contributed by atoms with E-state index >= 15 is 0 Å². The molecule has 1 unspecified atom stereocenters. The maximum Gasteiger partial charge on any atom is 0.273 e. The fourth-order valence-corrected chi connectivity index (χ4v) is 4.44. The van der Waals surface area contributed by atoms with E-state index in [0.717, 1.165) is 18.5 Å². The van der Waals surface area contributed by atoms with Crippen molar-refractivity contribution in [3.63, 3.8) is 0 Å². The molecule has 2 N–H and O–H groups in total. The summed E-state index contributed by atoms with van der Waals surface area (Å²) in [5, 5.41) is 14.3. The Morgan fingerprint density at radius 2 is 2.00 bits per heavy atom. The van der Waals surface area contributed by atoms with Gasteiger partial charge in [0.2, 0.25) is 10.0 Å². The third kappa shape index (κ3) is 3.55. The number of rotatable bonds is 5. The van der Waals surface area contributed by atoms with Crippen LogP contribution in [0.2, 0.25) is 0 Å². The average molecular weight is 361 g/mol. The molecule has 1 atom stereocenters. The second-order valence-electron chi connectivity index (χ2n) is 5.96. The highest BCUT2D eigenvalue weighted by atomic mass is 32.2. The molecular formula is C17H19N3O4S. The first-order valence-corrected chi connectivity index (χ1v) is 9.43. The molecule has 2 aromatic carbocycles. The molecule has 0 saturated heterocycles. The molecule has 25 heavy (non-hydrogen) atoms. The van der Waals surface area contributed by atoms with Crippen molar-refractivity contribution >= 4 is 15.7 Å². The third-order valence-corrected chi connectivity index (χ3v) is 6.00. The molecule has 0 saturated carbocycles. The third-order valence-electron chi connectivity index (χ3n) is 4.43. The number of benzene rings is 2. The van der Waals surface area contributed by atoms with Gasteiger partial charge in [-0.3, -0.25) is 10.1 Å². The quantitative estimate of drug-likeness (QED) is 0.627. The number of hydrogen-bond acceptors (Lipinski definition) is 5. The lowest BCUT2D eigenvalue weighted by Crippen LogP contribution is -2.39. The van der Waals surface area contributed by atoms with E-state index in [1.165, 1.54) is 30.7 Å². The first-order valence-electron chi connectivity index (χ1n) is 7.95. The summed E-state index contributed by atoms with van der Waals surface area (Å²) in [7, 11) is -3.84. The monoisotopic (exact) mass is 361 g/mol. The smallest absolute Gasteiger partial charge is 0.273 e. The predicted molar refractivity (Wildman–Crippen MR) is 93.9 cm³/mol. The molecule has 1 aliphatic rings. The number of hydrogen-bond donors (Lipinski definition) is 2. The topological polar surface area (TPSA) is 101 Å². The molecule has 0 spiro atoms. The van der Waals surface area contributed by atoms with Crippen LogP contribution in [0.5, 0.6) is 0 Å². The van der Waals surface area contributed by atoms with Crippen molar-refractivity contribution < 1.29 is 13.3 Å². The van der Waals surface area contributed by atoms with Crippen molar-refractivity contribution in [3.05, 3.63) is 69.3 Å². The minimum Gasteiger partial charge on any atom is -0.308 e. The SMILES string of the molecule is Cc1c([N+](=O)[O-])cccc1S(=O)(=O)NCC1NCCc2ccccc21. The summed E-state index contributed by atoms with van der Waals surface area (Å²) in [5.74, 6) is 0. The van der Waals surface area contributed by atoms with Gasteiger partial charge in [-0.15, -0.1) is 0 Å². The van der Waals surface area contributed by atoms with Gasteiger partial charge in [0, 0.05) is 24.2 Å². The Bertz CT molecular complexity index is 912. The van der Waals surface area contributed by atoms with Crippen LogP contribution in [0.3, 0.4) is 0 Å². The van der Waals surface area contributed by atoms with Crippen molar-refractivity contribution in [1.82, 2.24) is 10.0 Å². The van der Waals surface area contributed by atoms with Crippen molar-refractivity contribution in [1.29, 1.82) is 0 Å². The van der Waals surface area contributed by atoms with Crippen molar-refractivity contribution in [3.8, 4) is 0 Å². The van der Waals surface area contributed by atoms with Gasteiger partial charge in [-0.1, -0.05) is 30.3 Å². The molecule has 0 aromatic heterocycles. The van der Waals surface area contributed by atoms with Gasteiger partial charge in [-0.25, -0.2) is 13.1 Å². The van der Waals surface area contributed by atoms with Crippen molar-refractivity contribution in [2.75, 3.05) is 13.1 Å². The molecule has 3 rings (SSSR count). The Balaban J connectivity index is 1.82. The molecule has 0 bridgehead atoms. The molecule has 7 nitrogen and oxygen atoms in total. The maximum atomic E-state index is 12.6. The second kappa shape index (κ2) is 6.91. The summed E-state index contributed by atoms with van der Waals surface area (Å²) in [6.45, 7) is 2.40. The van der Waals surface area contributed by atoms with E-state index in [-0.39, 0.29) is 28.7 Å². The molecule has 0 amide bonds. The molecule has 132 valence electrons. The zero-order valence-electron chi connectivity index (χ0n) is 13.7. The summed E-state index contributed by atoms with van der Waals surface area (Å²) >= 11 is 0. The van der Waals surface area contributed by atoms with Crippen molar-refractivity contribution in [2.45, 2.75) is 24.3 Å². The lowest BCUT2D eigenvalue weighted by molar-refractivity contribution is -0.385. The van der Waals surface area contributed by atoms with Crippen LogP contribution in [0.15, 0.2) is 47.4 Å². The molecular weight excluding hydrogens is 342 g/mol. The fourth-order valence-electron chi connectivity index (χ4n) is 3.14. The maximum absolute atomic E-state index is 12.6. The van der Waals surface area contributed by atoms with E-state index in [9.17, 15) is 18.5 Å². The van der Waals surface area contributed by atoms with Crippen LogP contribution < -0.4 is 10.0 Å². The normalized spacial score (nSPS) is 17.1. The van der Waals surface area contributed by atoms with Crippen molar-refractivity contribution in [2.24, 2.45) is 0 Å². The van der Waals surface area contributed by atoms with Crippen LogP contribution in [-0.2, 0) is 16.4 Å². The van der Waals surface area contributed by atoms with E-state index in [1.54, 1.807) is 0 Å². The lowest BCUT2D eigenvalue weighted by Gasteiger charge is -2.27. The standard InChI is InChI=1S/C17H19N3O4S/c1-12-16(20(21)22)7-4-8-17(12)25(23,24)19-11-15-14-6-3-2-5-13(14)9-10-18-15/h2-8,15,18-19H,9-11H2,1H3. The van der Waals surface area contributed by atoms with Gasteiger partial charge >= 0.3 is 0 Å². The zero-order chi connectivity index (χ0) is 18.0. The van der Waals surface area contributed by atoms with E-state index in [1.807, 2.05) is 24.3 Å². The number of nitro groups is 1. The zero-order valence-corrected chi connectivity index (χ0v) is 14.5. The van der Waals surface area contributed by atoms with E-state index in [0.29, 0.717) is 0 Å². The second-order valence-corrected chi connectivity index (χ2v) is 7.70. The summed E-state index contributed by atoms with van der Waals surface area (Å²) in [5.41, 5.74) is 2.21. The average Bonchev–Trinajstić information content (AvgIpc) is 2.59. The molecule has 0 radical (unpaired) electrons. The van der Waals surface area contributed by atoms with Gasteiger partial charge in [0.25, 0.3) is 5.69 Å². The summed E-state index contributed by atoms with van der Waals surface area (Å²) in [4.78, 5) is 10.4. The van der Waals surface area contributed by atoms with Gasteiger partial charge in [0.15, 0.2) is 0 Å². The highest BCUT2D eigenvalue weighted by Gasteiger charge is 2.25. The van der Waals surface area contributed by atoms with E-state index in [2.05, 4.69) is 10.0 Å². The minimum absolute atomic E-state index is 0.0641. The highest BCUT2D eigenvalue weighted by Crippen LogP contribution is 2.26. The number of nitrogens with zero attached hydrogens (tertiary/aromatic N) is 1. The Labute approximate surface area is 146 Å². The van der Waals surface area contributed by atoms with Crippen LogP contribution in [0.1, 0.15) is 22.7 Å². The Morgan fingerprint density at radius 1 is 1.24 bits per heavy atom. The molecule has 1 heterocycles. The summed E-state index contributed by atoms with van der Waals surface area (Å²) < 4.78 is 27.8. The number of sulfonamides is 1. The van der Waals surface area contributed by atoms with Crippen LogP contribution in [0.4, 0.5) is 5.69 Å². The Hall–Kier alpha value is -2.29. The van der Waals surface area contributed by atoms with Gasteiger partial charge in [-0.2, -0.15) is 0 Å². The lowest BCUT2D eigenvalue weighted by atomic mass is 9.95. The molecule has 1 aliphatic heterocycles. The molecule has 2 aromatic rings.